The van der Waals surface area contributed by atoms with Gasteiger partial charge in [-0.3, -0.25) is 0 Å². The summed E-state index contributed by atoms with van der Waals surface area (Å²) in [5.41, 5.74) is 0.762. The van der Waals surface area contributed by atoms with Crippen LogP contribution in [0, 0.1) is 6.07 Å². The normalized spacial score (nSPS) is 9.67. The summed E-state index contributed by atoms with van der Waals surface area (Å²) < 4.78 is 4.87. The van der Waals surface area contributed by atoms with Crippen molar-refractivity contribution in [1.82, 2.24) is 5.32 Å². The third kappa shape index (κ3) is 5.02. The van der Waals surface area contributed by atoms with Crippen molar-refractivity contribution in [3.63, 3.8) is 0 Å². The van der Waals surface area contributed by atoms with Crippen LogP contribution in [0.1, 0.15) is 6.42 Å². The molecule has 0 saturated heterocycles. The molecule has 0 bridgehead atoms. The highest BCUT2D eigenvalue weighted by molar-refractivity contribution is 5.89. The first-order chi connectivity index (χ1) is 7.33. The zero-order valence-corrected chi connectivity index (χ0v) is 8.75. The number of anilines is 1. The predicted octanol–water partition coefficient (Wildman–Crippen LogP) is 1.64. The molecule has 0 fully saturated rings. The fraction of sp³-hybridized carbons (Fsp3) is 0.364. The molecular formula is C11H15N2O2. The van der Waals surface area contributed by atoms with Crippen molar-refractivity contribution in [2.45, 2.75) is 6.42 Å². The van der Waals surface area contributed by atoms with Crippen LogP contribution in [0.25, 0.3) is 0 Å². The zero-order valence-electron chi connectivity index (χ0n) is 8.75. The van der Waals surface area contributed by atoms with Gasteiger partial charge in [-0.15, -0.1) is 0 Å². The number of nitrogens with one attached hydrogen (secondary N) is 2. The van der Waals surface area contributed by atoms with E-state index in [1.54, 1.807) is 31.4 Å². The molecule has 0 saturated carbocycles. The maximum absolute atomic E-state index is 11.3. The Morgan fingerprint density at radius 2 is 2.20 bits per heavy atom. The molecule has 2 amide bonds. The number of rotatable bonds is 5. The minimum absolute atomic E-state index is 0.197. The molecular weight excluding hydrogens is 192 g/mol. The van der Waals surface area contributed by atoms with E-state index in [2.05, 4.69) is 16.7 Å². The second-order valence-electron chi connectivity index (χ2n) is 3.02. The Balaban J connectivity index is 2.19. The van der Waals surface area contributed by atoms with Crippen molar-refractivity contribution in [2.75, 3.05) is 25.6 Å². The molecule has 0 heterocycles. The minimum Gasteiger partial charge on any atom is -0.385 e. The van der Waals surface area contributed by atoms with Crippen LogP contribution in [0.3, 0.4) is 0 Å². The van der Waals surface area contributed by atoms with Crippen LogP contribution < -0.4 is 10.6 Å². The standard InChI is InChI=1S/C11H15N2O2/c1-15-9-5-8-12-11(14)13-10-6-3-2-4-7-10/h3-4,6-7H,5,8-9H2,1H3,(H2,12,13,14). The van der Waals surface area contributed by atoms with E-state index in [4.69, 9.17) is 4.74 Å². The molecule has 2 N–H and O–H groups in total. The van der Waals surface area contributed by atoms with Crippen LogP contribution >= 0.6 is 0 Å². The highest BCUT2D eigenvalue weighted by Gasteiger charge is 1.98. The molecule has 1 aromatic carbocycles. The maximum atomic E-state index is 11.3. The molecule has 81 valence electrons. The monoisotopic (exact) mass is 207 g/mol. The minimum atomic E-state index is -0.197. The second kappa shape index (κ2) is 6.84. The van der Waals surface area contributed by atoms with Gasteiger partial charge in [0.15, 0.2) is 0 Å². The molecule has 4 nitrogen and oxygen atoms in total. The van der Waals surface area contributed by atoms with E-state index < -0.39 is 0 Å². The lowest BCUT2D eigenvalue weighted by Crippen LogP contribution is -2.29. The second-order valence-corrected chi connectivity index (χ2v) is 3.02. The van der Waals surface area contributed by atoms with Gasteiger partial charge in [0.1, 0.15) is 0 Å². The Kier molecular flexibility index (Phi) is 5.25. The molecule has 1 aromatic rings. The number of ether oxygens (including phenoxy) is 1. The summed E-state index contributed by atoms with van der Waals surface area (Å²) in [4.78, 5) is 11.3. The average molecular weight is 207 g/mol. The number of amides is 2. The highest BCUT2D eigenvalue weighted by atomic mass is 16.5. The third-order valence-corrected chi connectivity index (χ3v) is 1.79. The first-order valence-electron chi connectivity index (χ1n) is 4.83. The number of urea groups is 1. The molecule has 0 unspecified atom stereocenters. The number of hydrogen-bond donors (Lipinski definition) is 2. The third-order valence-electron chi connectivity index (χ3n) is 1.79. The SMILES string of the molecule is COCCCNC(=O)Nc1cc[c]cc1. The van der Waals surface area contributed by atoms with Crippen LogP contribution in [0.4, 0.5) is 10.5 Å². The highest BCUT2D eigenvalue weighted by Crippen LogP contribution is 2.03. The molecule has 0 aliphatic carbocycles. The maximum Gasteiger partial charge on any atom is 0.319 e. The van der Waals surface area contributed by atoms with Gasteiger partial charge < -0.3 is 15.4 Å². The molecule has 0 aliphatic rings. The lowest BCUT2D eigenvalue weighted by molar-refractivity contribution is 0.194. The Morgan fingerprint density at radius 1 is 1.47 bits per heavy atom. The molecule has 4 heteroatoms. The smallest absolute Gasteiger partial charge is 0.319 e. The summed E-state index contributed by atoms with van der Waals surface area (Å²) in [6, 6.07) is 9.75. The van der Waals surface area contributed by atoms with E-state index in [-0.39, 0.29) is 6.03 Å². The van der Waals surface area contributed by atoms with Gasteiger partial charge in [0, 0.05) is 25.9 Å². The van der Waals surface area contributed by atoms with Crippen LogP contribution in [0.15, 0.2) is 24.3 Å². The van der Waals surface area contributed by atoms with E-state index in [9.17, 15) is 4.79 Å². The van der Waals surface area contributed by atoms with Gasteiger partial charge in [0.05, 0.1) is 0 Å². The van der Waals surface area contributed by atoms with Gasteiger partial charge in [0.2, 0.25) is 0 Å². The Morgan fingerprint density at radius 3 is 2.87 bits per heavy atom. The van der Waals surface area contributed by atoms with Crippen molar-refractivity contribution in [1.29, 1.82) is 0 Å². The van der Waals surface area contributed by atoms with Gasteiger partial charge in [-0.05, 0) is 24.6 Å². The molecule has 0 atom stereocenters. The number of hydrogen-bond acceptors (Lipinski definition) is 2. The topological polar surface area (TPSA) is 50.4 Å². The van der Waals surface area contributed by atoms with E-state index in [0.29, 0.717) is 13.2 Å². The van der Waals surface area contributed by atoms with Crippen molar-refractivity contribution in [3.05, 3.63) is 30.3 Å². The molecule has 1 rings (SSSR count). The van der Waals surface area contributed by atoms with Crippen LogP contribution in [-0.4, -0.2) is 26.3 Å². The molecule has 15 heavy (non-hydrogen) atoms. The zero-order chi connectivity index (χ0) is 10.9. The van der Waals surface area contributed by atoms with E-state index in [1.807, 2.05) is 0 Å². The quantitative estimate of drug-likeness (QED) is 0.721. The summed E-state index contributed by atoms with van der Waals surface area (Å²) in [7, 11) is 1.64. The lowest BCUT2D eigenvalue weighted by Gasteiger charge is -2.06. The van der Waals surface area contributed by atoms with Gasteiger partial charge in [-0.25, -0.2) is 4.79 Å². The fourth-order valence-electron chi connectivity index (χ4n) is 1.06. The summed E-state index contributed by atoms with van der Waals surface area (Å²) in [6.45, 7) is 1.26. The van der Waals surface area contributed by atoms with Crippen molar-refractivity contribution < 1.29 is 9.53 Å². The Bertz CT molecular complexity index is 288. The number of methoxy groups -OCH3 is 1. The van der Waals surface area contributed by atoms with E-state index in [0.717, 1.165) is 12.1 Å². The van der Waals surface area contributed by atoms with Gasteiger partial charge in [-0.2, -0.15) is 0 Å². The Labute approximate surface area is 89.6 Å². The largest absolute Gasteiger partial charge is 0.385 e. The summed E-state index contributed by atoms with van der Waals surface area (Å²) >= 11 is 0. The first kappa shape index (κ1) is 11.5. The van der Waals surface area contributed by atoms with Crippen LogP contribution in [0.5, 0.6) is 0 Å². The predicted molar refractivity (Wildman–Crippen MR) is 58.8 cm³/mol. The van der Waals surface area contributed by atoms with Gasteiger partial charge in [0.25, 0.3) is 0 Å². The Hall–Kier alpha value is -1.55. The van der Waals surface area contributed by atoms with Gasteiger partial charge >= 0.3 is 6.03 Å². The summed E-state index contributed by atoms with van der Waals surface area (Å²) in [5, 5.41) is 5.43. The molecule has 0 spiro atoms. The van der Waals surface area contributed by atoms with Crippen LogP contribution in [0.2, 0.25) is 0 Å². The molecule has 0 aromatic heterocycles. The number of carbonyl (C=O) groups excluding carboxylic acids is 1. The van der Waals surface area contributed by atoms with Crippen molar-refractivity contribution >= 4 is 11.7 Å². The van der Waals surface area contributed by atoms with E-state index in [1.165, 1.54) is 0 Å². The summed E-state index contributed by atoms with van der Waals surface area (Å²) in [6.07, 6.45) is 0.812. The van der Waals surface area contributed by atoms with Gasteiger partial charge in [-0.1, -0.05) is 12.1 Å². The van der Waals surface area contributed by atoms with Crippen molar-refractivity contribution in [2.24, 2.45) is 0 Å². The van der Waals surface area contributed by atoms with E-state index >= 15 is 0 Å². The molecule has 0 aliphatic heterocycles. The number of benzene rings is 1. The first-order valence-corrected chi connectivity index (χ1v) is 4.83. The lowest BCUT2D eigenvalue weighted by atomic mass is 10.3. The fourth-order valence-corrected chi connectivity index (χ4v) is 1.06. The number of carbonyl (C=O) groups is 1. The average Bonchev–Trinajstić information content (AvgIpc) is 2.26. The van der Waals surface area contributed by atoms with Crippen molar-refractivity contribution in [3.8, 4) is 0 Å². The molecule has 1 radical (unpaired) electrons. The summed E-state index contributed by atoms with van der Waals surface area (Å²) in [5.74, 6) is 0. The van der Waals surface area contributed by atoms with Crippen LogP contribution in [-0.2, 0) is 4.74 Å².